The fourth-order valence-electron chi connectivity index (χ4n) is 1.62. The van der Waals surface area contributed by atoms with Crippen molar-refractivity contribution in [2.75, 3.05) is 6.54 Å². The summed E-state index contributed by atoms with van der Waals surface area (Å²) >= 11 is 0. The maximum Gasteiger partial charge on any atom is 0.0661 e. The molecule has 1 nitrogen and oxygen atoms in total. The quantitative estimate of drug-likeness (QED) is 0.609. The average Bonchev–Trinajstić information content (AvgIpc) is 2.22. The first kappa shape index (κ1) is 13.8. The van der Waals surface area contributed by atoms with Crippen LogP contribution >= 0.6 is 0 Å². The molecule has 0 aliphatic carbocycles. The highest BCUT2D eigenvalue weighted by molar-refractivity contribution is 6.65. The molecule has 0 aromatic carbocycles. The number of hydrogen-bond donors (Lipinski definition) is 1. The van der Waals surface area contributed by atoms with Gasteiger partial charge in [-0.1, -0.05) is 51.8 Å². The highest BCUT2D eigenvalue weighted by Gasteiger charge is 2.13. The van der Waals surface area contributed by atoms with Crippen molar-refractivity contribution in [1.29, 1.82) is 0 Å². The number of unbranched alkanes of at least 4 members (excludes halogenated alkanes) is 1. The Morgan fingerprint density at radius 1 is 1.29 bits per heavy atom. The second-order valence-corrected chi connectivity index (χ2v) is 7.54. The lowest BCUT2D eigenvalue weighted by Gasteiger charge is -2.17. The van der Waals surface area contributed by atoms with E-state index in [4.69, 9.17) is 0 Å². The molecule has 0 saturated heterocycles. The van der Waals surface area contributed by atoms with Crippen LogP contribution in [0.3, 0.4) is 0 Å². The van der Waals surface area contributed by atoms with Crippen LogP contribution in [0.15, 0.2) is 11.9 Å². The summed E-state index contributed by atoms with van der Waals surface area (Å²) in [5.74, 6) is 0. The smallest absolute Gasteiger partial charge is 0.0661 e. The third-order valence-electron chi connectivity index (χ3n) is 2.93. The minimum atomic E-state index is -0.620. The lowest BCUT2D eigenvalue weighted by molar-refractivity contribution is 0.819. The van der Waals surface area contributed by atoms with Gasteiger partial charge >= 0.3 is 0 Å². The van der Waals surface area contributed by atoms with Gasteiger partial charge in [-0.3, -0.25) is 0 Å². The molecule has 0 aromatic heterocycles. The zero-order chi connectivity index (χ0) is 10.8. The van der Waals surface area contributed by atoms with Crippen molar-refractivity contribution in [3.63, 3.8) is 0 Å². The molecule has 0 bridgehead atoms. The molecule has 0 aliphatic heterocycles. The summed E-state index contributed by atoms with van der Waals surface area (Å²) in [7, 11) is -0.620. The third kappa shape index (κ3) is 6.25. The summed E-state index contributed by atoms with van der Waals surface area (Å²) in [5, 5.41) is 3.29. The maximum atomic E-state index is 3.29. The Morgan fingerprint density at radius 2 is 2.00 bits per heavy atom. The summed E-state index contributed by atoms with van der Waals surface area (Å²) < 4.78 is 0. The maximum absolute atomic E-state index is 3.29. The van der Waals surface area contributed by atoms with E-state index in [9.17, 15) is 0 Å². The summed E-state index contributed by atoms with van der Waals surface area (Å²) in [6.45, 7) is 10.2. The number of nitrogens with one attached hydrogen (secondary N) is 1. The van der Waals surface area contributed by atoms with Crippen LogP contribution in [0.5, 0.6) is 0 Å². The second-order valence-electron chi connectivity index (χ2n) is 4.11. The van der Waals surface area contributed by atoms with Crippen LogP contribution in [0.4, 0.5) is 0 Å². The SMILES string of the molecule is CCCC[SiH](C=CNCC)C(C)CC. The van der Waals surface area contributed by atoms with E-state index in [0.29, 0.717) is 0 Å². The summed E-state index contributed by atoms with van der Waals surface area (Å²) in [5.41, 5.74) is 3.45. The molecular formula is C12H27NSi. The van der Waals surface area contributed by atoms with Gasteiger partial charge in [0.15, 0.2) is 0 Å². The van der Waals surface area contributed by atoms with Crippen LogP contribution in [0.25, 0.3) is 0 Å². The van der Waals surface area contributed by atoms with Gasteiger partial charge in [-0.2, -0.15) is 0 Å². The fraction of sp³-hybridized carbons (Fsp3) is 0.833. The van der Waals surface area contributed by atoms with E-state index in [-0.39, 0.29) is 0 Å². The highest BCUT2D eigenvalue weighted by Crippen LogP contribution is 2.19. The van der Waals surface area contributed by atoms with E-state index < -0.39 is 8.80 Å². The van der Waals surface area contributed by atoms with E-state index in [1.165, 1.54) is 25.3 Å². The predicted molar refractivity (Wildman–Crippen MR) is 69.4 cm³/mol. The molecule has 0 saturated carbocycles. The van der Waals surface area contributed by atoms with Crippen LogP contribution in [0, 0.1) is 0 Å². The normalized spacial score (nSPS) is 15.7. The van der Waals surface area contributed by atoms with Crippen molar-refractivity contribution in [3.8, 4) is 0 Å². The Bertz CT molecular complexity index is 145. The van der Waals surface area contributed by atoms with Gasteiger partial charge < -0.3 is 5.32 Å². The van der Waals surface area contributed by atoms with Crippen molar-refractivity contribution in [1.82, 2.24) is 5.32 Å². The molecule has 84 valence electrons. The average molecular weight is 213 g/mol. The van der Waals surface area contributed by atoms with Gasteiger partial charge in [0.05, 0.1) is 8.80 Å². The summed E-state index contributed by atoms with van der Waals surface area (Å²) in [6.07, 6.45) is 6.29. The van der Waals surface area contributed by atoms with Crippen molar-refractivity contribution in [2.24, 2.45) is 0 Å². The zero-order valence-corrected chi connectivity index (χ0v) is 11.5. The molecule has 0 amide bonds. The Morgan fingerprint density at radius 3 is 2.50 bits per heavy atom. The number of rotatable bonds is 8. The van der Waals surface area contributed by atoms with Gasteiger partial charge in [0.25, 0.3) is 0 Å². The molecule has 14 heavy (non-hydrogen) atoms. The molecule has 2 unspecified atom stereocenters. The molecule has 0 aromatic rings. The molecule has 2 atom stereocenters. The van der Waals surface area contributed by atoms with Crippen LogP contribution in [-0.2, 0) is 0 Å². The van der Waals surface area contributed by atoms with Gasteiger partial charge in [0, 0.05) is 6.54 Å². The molecular weight excluding hydrogens is 186 g/mol. The van der Waals surface area contributed by atoms with Crippen LogP contribution in [0.1, 0.15) is 47.0 Å². The van der Waals surface area contributed by atoms with Crippen LogP contribution in [0.2, 0.25) is 11.6 Å². The summed E-state index contributed by atoms with van der Waals surface area (Å²) in [6, 6.07) is 1.48. The minimum absolute atomic E-state index is 0.620. The predicted octanol–water partition coefficient (Wildman–Crippen LogP) is 3.48. The van der Waals surface area contributed by atoms with Crippen molar-refractivity contribution < 1.29 is 0 Å². The first-order valence-corrected chi connectivity index (χ1v) is 8.31. The van der Waals surface area contributed by atoms with Gasteiger partial charge in [-0.05, 0) is 18.7 Å². The Hall–Kier alpha value is -0.243. The molecule has 0 rings (SSSR count). The lowest BCUT2D eigenvalue weighted by atomic mass is 10.4. The molecule has 1 N–H and O–H groups in total. The summed E-state index contributed by atoms with van der Waals surface area (Å²) in [4.78, 5) is 0. The highest BCUT2D eigenvalue weighted by atomic mass is 28.3. The van der Waals surface area contributed by atoms with Gasteiger partial charge in [0.2, 0.25) is 0 Å². The van der Waals surface area contributed by atoms with E-state index in [1.54, 1.807) is 0 Å². The first-order valence-electron chi connectivity index (χ1n) is 6.16. The minimum Gasteiger partial charge on any atom is -0.392 e. The third-order valence-corrected chi connectivity index (χ3v) is 6.63. The van der Waals surface area contributed by atoms with E-state index >= 15 is 0 Å². The lowest BCUT2D eigenvalue weighted by Crippen LogP contribution is -2.17. The largest absolute Gasteiger partial charge is 0.392 e. The first-order chi connectivity index (χ1) is 6.76. The fourth-order valence-corrected chi connectivity index (χ4v) is 4.63. The van der Waals surface area contributed by atoms with E-state index in [2.05, 4.69) is 44.9 Å². The van der Waals surface area contributed by atoms with Gasteiger partial charge in [-0.15, -0.1) is 0 Å². The van der Waals surface area contributed by atoms with E-state index in [1.807, 2.05) is 0 Å². The Labute approximate surface area is 91.6 Å². The standard InChI is InChI=1S/C12H27NSi/c1-5-8-10-14(12(4)6-2)11-9-13-7-3/h9,11-14H,5-8,10H2,1-4H3. The molecule has 0 radical (unpaired) electrons. The molecule has 2 heteroatoms. The second kappa shape index (κ2) is 9.32. The van der Waals surface area contributed by atoms with Crippen LogP contribution in [-0.4, -0.2) is 15.3 Å². The Balaban J connectivity index is 3.95. The Kier molecular flexibility index (Phi) is 9.16. The van der Waals surface area contributed by atoms with Gasteiger partial charge in [0.1, 0.15) is 0 Å². The van der Waals surface area contributed by atoms with Crippen molar-refractivity contribution >= 4 is 8.80 Å². The van der Waals surface area contributed by atoms with E-state index in [0.717, 1.165) is 12.1 Å². The van der Waals surface area contributed by atoms with Gasteiger partial charge in [-0.25, -0.2) is 0 Å². The van der Waals surface area contributed by atoms with Crippen molar-refractivity contribution in [3.05, 3.63) is 11.9 Å². The van der Waals surface area contributed by atoms with Crippen molar-refractivity contribution in [2.45, 2.75) is 58.5 Å². The van der Waals surface area contributed by atoms with Crippen LogP contribution < -0.4 is 5.32 Å². The zero-order valence-electron chi connectivity index (χ0n) is 10.3. The molecule has 0 heterocycles. The topological polar surface area (TPSA) is 12.0 Å². The molecule has 0 spiro atoms. The molecule has 0 fully saturated rings. The monoisotopic (exact) mass is 213 g/mol. The molecule has 0 aliphatic rings. The number of hydrogen-bond acceptors (Lipinski definition) is 1.